The van der Waals surface area contributed by atoms with Crippen molar-refractivity contribution < 1.29 is 4.39 Å². The Morgan fingerprint density at radius 3 is 1.68 bits per heavy atom. The number of benzene rings is 3. The van der Waals surface area contributed by atoms with E-state index in [1.54, 1.807) is 0 Å². The molecule has 0 aliphatic carbocycles. The van der Waals surface area contributed by atoms with Gasteiger partial charge in [0, 0.05) is 16.5 Å². The SMILES string of the molecule is Cc1ccc2c(c1)c1cc(C)ccc1n2-c1ccc(F)cc1. The summed E-state index contributed by atoms with van der Waals surface area (Å²) in [6.45, 7) is 4.21. The van der Waals surface area contributed by atoms with Gasteiger partial charge >= 0.3 is 0 Å². The van der Waals surface area contributed by atoms with Crippen molar-refractivity contribution >= 4 is 21.8 Å². The van der Waals surface area contributed by atoms with Gasteiger partial charge in [-0.2, -0.15) is 0 Å². The lowest BCUT2D eigenvalue weighted by Crippen LogP contribution is -1.93. The lowest BCUT2D eigenvalue weighted by molar-refractivity contribution is 0.627. The van der Waals surface area contributed by atoms with E-state index in [-0.39, 0.29) is 5.82 Å². The number of hydrogen-bond donors (Lipinski definition) is 0. The monoisotopic (exact) mass is 289 g/mol. The summed E-state index contributed by atoms with van der Waals surface area (Å²) in [5.41, 5.74) is 5.77. The topological polar surface area (TPSA) is 4.93 Å². The van der Waals surface area contributed by atoms with Crippen LogP contribution in [0.25, 0.3) is 27.5 Å². The van der Waals surface area contributed by atoms with E-state index in [1.807, 2.05) is 12.1 Å². The van der Waals surface area contributed by atoms with Crippen molar-refractivity contribution in [2.24, 2.45) is 0 Å². The van der Waals surface area contributed by atoms with Crippen LogP contribution in [-0.2, 0) is 0 Å². The van der Waals surface area contributed by atoms with Crippen LogP contribution < -0.4 is 0 Å². The van der Waals surface area contributed by atoms with Crippen LogP contribution in [0, 0.1) is 19.7 Å². The Kier molecular flexibility index (Phi) is 2.80. The molecule has 4 aromatic rings. The minimum Gasteiger partial charge on any atom is -0.309 e. The summed E-state index contributed by atoms with van der Waals surface area (Å²) in [4.78, 5) is 0. The fourth-order valence-electron chi connectivity index (χ4n) is 3.12. The lowest BCUT2D eigenvalue weighted by Gasteiger charge is -2.07. The third kappa shape index (κ3) is 1.92. The van der Waals surface area contributed by atoms with Gasteiger partial charge in [-0.15, -0.1) is 0 Å². The highest BCUT2D eigenvalue weighted by molar-refractivity contribution is 6.09. The van der Waals surface area contributed by atoms with E-state index in [0.29, 0.717) is 0 Å². The lowest BCUT2D eigenvalue weighted by atomic mass is 10.1. The molecule has 2 heteroatoms. The van der Waals surface area contributed by atoms with E-state index in [2.05, 4.69) is 54.8 Å². The zero-order valence-corrected chi connectivity index (χ0v) is 12.6. The van der Waals surface area contributed by atoms with Crippen molar-refractivity contribution in [2.45, 2.75) is 13.8 Å². The van der Waals surface area contributed by atoms with E-state index in [0.717, 1.165) is 16.7 Å². The second-order valence-corrected chi connectivity index (χ2v) is 5.85. The molecule has 0 saturated heterocycles. The van der Waals surface area contributed by atoms with Gasteiger partial charge in [0.1, 0.15) is 5.82 Å². The summed E-state index contributed by atoms with van der Waals surface area (Å²) in [5, 5.41) is 2.48. The maximum absolute atomic E-state index is 13.3. The largest absolute Gasteiger partial charge is 0.309 e. The predicted molar refractivity (Wildman–Crippen MR) is 90.2 cm³/mol. The summed E-state index contributed by atoms with van der Waals surface area (Å²) in [6, 6.07) is 19.6. The number of aryl methyl sites for hydroxylation is 2. The standard InChI is InChI=1S/C20H16FN/c1-13-3-9-19-17(11-13)18-12-14(2)4-10-20(18)22(19)16-7-5-15(21)6-8-16/h3-12H,1-2H3. The fraction of sp³-hybridized carbons (Fsp3) is 0.100. The molecular formula is C20H16FN. The summed E-state index contributed by atoms with van der Waals surface area (Å²) in [5.74, 6) is -0.212. The fourth-order valence-corrected chi connectivity index (χ4v) is 3.12. The normalized spacial score (nSPS) is 11.4. The van der Waals surface area contributed by atoms with E-state index in [4.69, 9.17) is 0 Å². The number of fused-ring (bicyclic) bond motifs is 3. The Balaban J connectivity index is 2.17. The van der Waals surface area contributed by atoms with Gasteiger partial charge in [0.2, 0.25) is 0 Å². The Bertz CT molecular complexity index is 935. The number of nitrogens with zero attached hydrogens (tertiary/aromatic N) is 1. The third-order valence-corrected chi connectivity index (χ3v) is 4.16. The molecule has 0 radical (unpaired) electrons. The van der Waals surface area contributed by atoms with Crippen molar-refractivity contribution in [1.29, 1.82) is 0 Å². The van der Waals surface area contributed by atoms with Crippen LogP contribution in [0.5, 0.6) is 0 Å². The van der Waals surface area contributed by atoms with Crippen molar-refractivity contribution in [1.82, 2.24) is 4.57 Å². The van der Waals surface area contributed by atoms with Gasteiger partial charge in [0.25, 0.3) is 0 Å². The first-order valence-electron chi connectivity index (χ1n) is 7.41. The van der Waals surface area contributed by atoms with E-state index in [9.17, 15) is 4.39 Å². The van der Waals surface area contributed by atoms with Gasteiger partial charge in [-0.05, 0) is 62.4 Å². The third-order valence-electron chi connectivity index (χ3n) is 4.16. The Hall–Kier alpha value is -2.61. The van der Waals surface area contributed by atoms with Gasteiger partial charge < -0.3 is 4.57 Å². The second-order valence-electron chi connectivity index (χ2n) is 5.85. The molecule has 0 N–H and O–H groups in total. The highest BCUT2D eigenvalue weighted by Crippen LogP contribution is 2.33. The molecule has 0 bridgehead atoms. The minimum absolute atomic E-state index is 0.212. The molecule has 108 valence electrons. The number of aromatic nitrogens is 1. The van der Waals surface area contributed by atoms with Gasteiger partial charge in [0.15, 0.2) is 0 Å². The van der Waals surface area contributed by atoms with Crippen molar-refractivity contribution in [3.05, 3.63) is 77.6 Å². The molecule has 1 aromatic heterocycles. The minimum atomic E-state index is -0.212. The van der Waals surface area contributed by atoms with Crippen LogP contribution in [0.2, 0.25) is 0 Å². The average Bonchev–Trinajstić information content (AvgIpc) is 2.81. The number of halogens is 1. The maximum Gasteiger partial charge on any atom is 0.123 e. The second kappa shape index (κ2) is 4.70. The van der Waals surface area contributed by atoms with E-state index >= 15 is 0 Å². The van der Waals surface area contributed by atoms with Crippen LogP contribution in [0.4, 0.5) is 4.39 Å². The summed E-state index contributed by atoms with van der Waals surface area (Å²) in [6.07, 6.45) is 0. The average molecular weight is 289 g/mol. The van der Waals surface area contributed by atoms with Crippen LogP contribution >= 0.6 is 0 Å². The van der Waals surface area contributed by atoms with Crippen LogP contribution in [0.1, 0.15) is 11.1 Å². The molecule has 0 spiro atoms. The molecule has 0 atom stereocenters. The summed E-state index contributed by atoms with van der Waals surface area (Å²) >= 11 is 0. The first kappa shape index (κ1) is 13.1. The zero-order chi connectivity index (χ0) is 15.3. The summed E-state index contributed by atoms with van der Waals surface area (Å²) in [7, 11) is 0. The quantitative estimate of drug-likeness (QED) is 0.433. The van der Waals surface area contributed by atoms with Crippen molar-refractivity contribution in [3.63, 3.8) is 0 Å². The molecule has 22 heavy (non-hydrogen) atoms. The molecule has 0 aliphatic heterocycles. The highest BCUT2D eigenvalue weighted by Gasteiger charge is 2.12. The van der Waals surface area contributed by atoms with Crippen LogP contribution in [0.3, 0.4) is 0 Å². The number of hydrogen-bond acceptors (Lipinski definition) is 0. The molecule has 0 saturated carbocycles. The van der Waals surface area contributed by atoms with E-state index < -0.39 is 0 Å². The first-order valence-corrected chi connectivity index (χ1v) is 7.41. The zero-order valence-electron chi connectivity index (χ0n) is 12.6. The molecule has 1 nitrogen and oxygen atoms in total. The van der Waals surface area contributed by atoms with E-state index in [1.165, 1.54) is 34.0 Å². The highest BCUT2D eigenvalue weighted by atomic mass is 19.1. The molecule has 0 aliphatic rings. The molecule has 1 heterocycles. The molecule has 0 fully saturated rings. The molecular weight excluding hydrogens is 273 g/mol. The van der Waals surface area contributed by atoms with Crippen molar-refractivity contribution in [3.8, 4) is 5.69 Å². The predicted octanol–water partition coefficient (Wildman–Crippen LogP) is 5.54. The van der Waals surface area contributed by atoms with Gasteiger partial charge in [-0.1, -0.05) is 23.3 Å². The molecule has 0 unspecified atom stereocenters. The first-order chi connectivity index (χ1) is 10.6. The van der Waals surface area contributed by atoms with Gasteiger partial charge in [-0.3, -0.25) is 0 Å². The van der Waals surface area contributed by atoms with Crippen molar-refractivity contribution in [2.75, 3.05) is 0 Å². The molecule has 4 rings (SSSR count). The van der Waals surface area contributed by atoms with Crippen LogP contribution in [-0.4, -0.2) is 4.57 Å². The maximum atomic E-state index is 13.3. The molecule has 3 aromatic carbocycles. The Morgan fingerprint density at radius 1 is 0.682 bits per heavy atom. The summed E-state index contributed by atoms with van der Waals surface area (Å²) < 4.78 is 15.5. The van der Waals surface area contributed by atoms with Gasteiger partial charge in [-0.25, -0.2) is 4.39 Å². The Morgan fingerprint density at radius 2 is 1.18 bits per heavy atom. The molecule has 0 amide bonds. The Labute approximate surface area is 128 Å². The van der Waals surface area contributed by atoms with Gasteiger partial charge in [0.05, 0.1) is 11.0 Å². The number of rotatable bonds is 1. The van der Waals surface area contributed by atoms with Crippen LogP contribution in [0.15, 0.2) is 60.7 Å². The smallest absolute Gasteiger partial charge is 0.123 e.